The second-order valence-electron chi connectivity index (χ2n) is 5.17. The molecule has 1 N–H and O–H groups in total. The Hall–Kier alpha value is -1.63. The van der Waals surface area contributed by atoms with Gasteiger partial charge in [0.05, 0.1) is 19.6 Å². The minimum absolute atomic E-state index is 0.00359. The Morgan fingerprint density at radius 3 is 2.67 bits per heavy atom. The summed E-state index contributed by atoms with van der Waals surface area (Å²) in [6, 6.07) is -0.624. The van der Waals surface area contributed by atoms with E-state index in [1.807, 2.05) is 0 Å². The van der Waals surface area contributed by atoms with Gasteiger partial charge in [0.1, 0.15) is 6.04 Å². The SMILES string of the molecule is COC(=O)CCN(CC1CCCO1)C(=O)C(C)NC(C)=O. The summed E-state index contributed by atoms with van der Waals surface area (Å²) < 4.78 is 10.1. The van der Waals surface area contributed by atoms with Gasteiger partial charge in [0.15, 0.2) is 0 Å². The Morgan fingerprint density at radius 1 is 1.43 bits per heavy atom. The van der Waals surface area contributed by atoms with Gasteiger partial charge in [0, 0.05) is 26.6 Å². The maximum Gasteiger partial charge on any atom is 0.307 e. The van der Waals surface area contributed by atoms with E-state index in [2.05, 4.69) is 10.1 Å². The summed E-state index contributed by atoms with van der Waals surface area (Å²) in [5.74, 6) is -0.849. The first kappa shape index (κ1) is 17.4. The lowest BCUT2D eigenvalue weighted by Crippen LogP contribution is -2.49. The van der Waals surface area contributed by atoms with Crippen LogP contribution < -0.4 is 5.32 Å². The summed E-state index contributed by atoms with van der Waals surface area (Å²) in [4.78, 5) is 36.3. The van der Waals surface area contributed by atoms with E-state index < -0.39 is 6.04 Å². The molecule has 1 saturated heterocycles. The number of nitrogens with zero attached hydrogens (tertiary/aromatic N) is 1. The van der Waals surface area contributed by atoms with Crippen LogP contribution in [0, 0.1) is 0 Å². The highest BCUT2D eigenvalue weighted by Gasteiger charge is 2.26. The summed E-state index contributed by atoms with van der Waals surface area (Å²) in [5, 5.41) is 2.56. The van der Waals surface area contributed by atoms with E-state index in [4.69, 9.17) is 4.74 Å². The number of hydrogen-bond acceptors (Lipinski definition) is 5. The minimum Gasteiger partial charge on any atom is -0.469 e. The third kappa shape index (κ3) is 6.12. The first-order chi connectivity index (χ1) is 9.93. The van der Waals surface area contributed by atoms with Crippen LogP contribution in [0.3, 0.4) is 0 Å². The fourth-order valence-corrected chi connectivity index (χ4v) is 2.29. The van der Waals surface area contributed by atoms with Crippen LogP contribution in [0.2, 0.25) is 0 Å². The lowest BCUT2D eigenvalue weighted by molar-refractivity contribution is -0.143. The number of carbonyl (C=O) groups is 3. The fraction of sp³-hybridized carbons (Fsp3) is 0.786. The van der Waals surface area contributed by atoms with Crippen LogP contribution in [0.4, 0.5) is 0 Å². The Kier molecular flexibility index (Phi) is 7.14. The molecule has 0 aromatic rings. The van der Waals surface area contributed by atoms with Crippen molar-refractivity contribution >= 4 is 17.8 Å². The predicted molar refractivity (Wildman–Crippen MR) is 75.5 cm³/mol. The van der Waals surface area contributed by atoms with Crippen LogP contribution in [0.5, 0.6) is 0 Å². The number of rotatable bonds is 7. The number of esters is 1. The molecule has 2 atom stereocenters. The standard InChI is InChI=1S/C14H24N2O5/c1-10(15-11(2)17)14(19)16(7-6-13(18)20-3)9-12-5-4-8-21-12/h10,12H,4-9H2,1-3H3,(H,15,17). The van der Waals surface area contributed by atoms with E-state index in [-0.39, 0.29) is 36.9 Å². The van der Waals surface area contributed by atoms with Crippen LogP contribution in [0.15, 0.2) is 0 Å². The zero-order chi connectivity index (χ0) is 15.8. The molecule has 0 aliphatic carbocycles. The van der Waals surface area contributed by atoms with Crippen molar-refractivity contribution in [2.45, 2.75) is 45.3 Å². The largest absolute Gasteiger partial charge is 0.469 e. The van der Waals surface area contributed by atoms with E-state index in [1.54, 1.807) is 11.8 Å². The maximum absolute atomic E-state index is 12.4. The molecule has 0 aromatic heterocycles. The van der Waals surface area contributed by atoms with E-state index in [0.29, 0.717) is 13.2 Å². The van der Waals surface area contributed by atoms with Gasteiger partial charge in [-0.15, -0.1) is 0 Å². The summed E-state index contributed by atoms with van der Waals surface area (Å²) in [6.07, 6.45) is 2.00. The molecule has 0 radical (unpaired) electrons. The van der Waals surface area contributed by atoms with Crippen LogP contribution in [0.25, 0.3) is 0 Å². The second kappa shape index (κ2) is 8.61. The normalized spacial score (nSPS) is 18.9. The van der Waals surface area contributed by atoms with Gasteiger partial charge >= 0.3 is 5.97 Å². The van der Waals surface area contributed by atoms with Crippen LogP contribution in [-0.2, 0) is 23.9 Å². The molecular weight excluding hydrogens is 276 g/mol. The molecule has 0 saturated carbocycles. The van der Waals surface area contributed by atoms with Gasteiger partial charge < -0.3 is 19.7 Å². The highest BCUT2D eigenvalue weighted by molar-refractivity contribution is 5.86. The smallest absolute Gasteiger partial charge is 0.307 e. The minimum atomic E-state index is -0.624. The molecule has 0 aromatic carbocycles. The van der Waals surface area contributed by atoms with Gasteiger partial charge in [-0.2, -0.15) is 0 Å². The Morgan fingerprint density at radius 2 is 2.14 bits per heavy atom. The van der Waals surface area contributed by atoms with Crippen molar-refractivity contribution in [3.8, 4) is 0 Å². The Bertz CT molecular complexity index is 380. The van der Waals surface area contributed by atoms with Gasteiger partial charge in [-0.1, -0.05) is 0 Å². The molecule has 1 heterocycles. The molecule has 1 aliphatic heterocycles. The average Bonchev–Trinajstić information content (AvgIpc) is 2.94. The molecule has 0 bridgehead atoms. The average molecular weight is 300 g/mol. The van der Waals surface area contributed by atoms with E-state index >= 15 is 0 Å². The number of methoxy groups -OCH3 is 1. The van der Waals surface area contributed by atoms with Gasteiger partial charge in [-0.05, 0) is 19.8 Å². The zero-order valence-corrected chi connectivity index (χ0v) is 12.9. The number of hydrogen-bond donors (Lipinski definition) is 1. The van der Waals surface area contributed by atoms with Gasteiger partial charge in [-0.25, -0.2) is 0 Å². The highest BCUT2D eigenvalue weighted by atomic mass is 16.5. The quantitative estimate of drug-likeness (QED) is 0.673. The first-order valence-electron chi connectivity index (χ1n) is 7.18. The molecule has 0 spiro atoms. The molecule has 2 unspecified atom stereocenters. The van der Waals surface area contributed by atoms with E-state index in [9.17, 15) is 14.4 Å². The number of ether oxygens (including phenoxy) is 2. The number of carbonyl (C=O) groups excluding carboxylic acids is 3. The number of amides is 2. The molecule has 7 nitrogen and oxygen atoms in total. The van der Waals surface area contributed by atoms with Crippen LogP contribution in [0.1, 0.15) is 33.1 Å². The van der Waals surface area contributed by atoms with Crippen molar-refractivity contribution in [2.24, 2.45) is 0 Å². The van der Waals surface area contributed by atoms with E-state index in [1.165, 1.54) is 14.0 Å². The third-order valence-corrected chi connectivity index (χ3v) is 3.36. The number of nitrogens with one attached hydrogen (secondary N) is 1. The summed E-state index contributed by atoms with van der Waals surface area (Å²) >= 11 is 0. The van der Waals surface area contributed by atoms with Crippen molar-refractivity contribution in [2.75, 3.05) is 26.8 Å². The summed E-state index contributed by atoms with van der Waals surface area (Å²) in [7, 11) is 1.31. The first-order valence-corrected chi connectivity index (χ1v) is 7.18. The molecular formula is C14H24N2O5. The molecule has 2 amide bonds. The lowest BCUT2D eigenvalue weighted by atomic mass is 10.2. The van der Waals surface area contributed by atoms with Crippen molar-refractivity contribution in [1.82, 2.24) is 10.2 Å². The molecule has 1 aliphatic rings. The molecule has 120 valence electrons. The zero-order valence-electron chi connectivity index (χ0n) is 12.9. The monoisotopic (exact) mass is 300 g/mol. The highest BCUT2D eigenvalue weighted by Crippen LogP contribution is 2.14. The predicted octanol–water partition coefficient (Wildman–Crippen LogP) is 0.0817. The molecule has 7 heteroatoms. The Balaban J connectivity index is 2.61. The third-order valence-electron chi connectivity index (χ3n) is 3.36. The van der Waals surface area contributed by atoms with Crippen molar-refractivity contribution in [3.05, 3.63) is 0 Å². The van der Waals surface area contributed by atoms with Gasteiger partial charge in [0.2, 0.25) is 11.8 Å². The lowest BCUT2D eigenvalue weighted by Gasteiger charge is -2.28. The fourth-order valence-electron chi connectivity index (χ4n) is 2.29. The second-order valence-corrected chi connectivity index (χ2v) is 5.17. The maximum atomic E-state index is 12.4. The summed E-state index contributed by atoms with van der Waals surface area (Å²) in [5.41, 5.74) is 0. The summed E-state index contributed by atoms with van der Waals surface area (Å²) in [6.45, 7) is 4.38. The van der Waals surface area contributed by atoms with Gasteiger partial charge in [-0.3, -0.25) is 14.4 Å². The van der Waals surface area contributed by atoms with Crippen LogP contribution in [-0.4, -0.2) is 61.6 Å². The molecule has 21 heavy (non-hydrogen) atoms. The topological polar surface area (TPSA) is 84.9 Å². The van der Waals surface area contributed by atoms with Crippen molar-refractivity contribution in [3.63, 3.8) is 0 Å². The van der Waals surface area contributed by atoms with Crippen LogP contribution >= 0.6 is 0 Å². The van der Waals surface area contributed by atoms with E-state index in [0.717, 1.165) is 12.8 Å². The van der Waals surface area contributed by atoms with Crippen molar-refractivity contribution in [1.29, 1.82) is 0 Å². The molecule has 1 rings (SSSR count). The Labute approximate surface area is 124 Å². The molecule has 1 fully saturated rings. The van der Waals surface area contributed by atoms with Gasteiger partial charge in [0.25, 0.3) is 0 Å². The van der Waals surface area contributed by atoms with Crippen molar-refractivity contribution < 1.29 is 23.9 Å².